The third-order valence-corrected chi connectivity index (χ3v) is 4.46. The summed E-state index contributed by atoms with van der Waals surface area (Å²) < 4.78 is 0. The van der Waals surface area contributed by atoms with Gasteiger partial charge in [-0.3, -0.25) is 9.59 Å². The Bertz CT molecular complexity index is 804. The Hall–Kier alpha value is -2.62. The van der Waals surface area contributed by atoms with Crippen molar-refractivity contribution in [2.45, 2.75) is 41.5 Å². The van der Waals surface area contributed by atoms with Gasteiger partial charge in [0, 0.05) is 17.9 Å². The molecule has 0 aliphatic carbocycles. The molecule has 0 spiro atoms. The lowest BCUT2D eigenvalue weighted by molar-refractivity contribution is -0.136. The molecule has 138 valence electrons. The van der Waals surface area contributed by atoms with Crippen molar-refractivity contribution in [2.75, 3.05) is 16.8 Å². The van der Waals surface area contributed by atoms with Crippen molar-refractivity contribution < 1.29 is 9.59 Å². The summed E-state index contributed by atoms with van der Waals surface area (Å²) in [6.45, 7) is 11.7. The Kier molecular flexibility index (Phi) is 5.86. The first-order valence-corrected chi connectivity index (χ1v) is 8.93. The van der Waals surface area contributed by atoms with Crippen LogP contribution in [0.25, 0.3) is 0 Å². The van der Waals surface area contributed by atoms with Gasteiger partial charge in [-0.2, -0.15) is 0 Å². The van der Waals surface area contributed by atoms with Gasteiger partial charge in [0.25, 0.3) is 0 Å². The maximum absolute atomic E-state index is 13.1. The summed E-state index contributed by atoms with van der Waals surface area (Å²) in [5.74, 6) is -0.522. The van der Waals surface area contributed by atoms with E-state index in [1.54, 1.807) is 18.7 Å². The second-order valence-corrected chi connectivity index (χ2v) is 7.34. The van der Waals surface area contributed by atoms with Gasteiger partial charge in [0.15, 0.2) is 0 Å². The van der Waals surface area contributed by atoms with Crippen LogP contribution in [0.5, 0.6) is 0 Å². The molecule has 2 aromatic carbocycles. The molecule has 26 heavy (non-hydrogen) atoms. The molecule has 0 heterocycles. The van der Waals surface area contributed by atoms with Crippen molar-refractivity contribution in [2.24, 2.45) is 5.41 Å². The van der Waals surface area contributed by atoms with Gasteiger partial charge < -0.3 is 10.2 Å². The molecular weight excluding hydrogens is 324 g/mol. The predicted molar refractivity (Wildman–Crippen MR) is 108 cm³/mol. The van der Waals surface area contributed by atoms with E-state index < -0.39 is 5.41 Å². The zero-order valence-corrected chi connectivity index (χ0v) is 16.5. The smallest absolute Gasteiger partial charge is 0.242 e. The van der Waals surface area contributed by atoms with E-state index in [4.69, 9.17) is 0 Å². The van der Waals surface area contributed by atoms with E-state index in [0.29, 0.717) is 12.2 Å². The van der Waals surface area contributed by atoms with Crippen molar-refractivity contribution in [3.63, 3.8) is 0 Å². The molecular formula is C22H28N2O2. The van der Waals surface area contributed by atoms with Gasteiger partial charge in [0.1, 0.15) is 5.41 Å². The molecule has 0 aliphatic rings. The maximum atomic E-state index is 13.1. The van der Waals surface area contributed by atoms with Crippen LogP contribution < -0.4 is 10.2 Å². The number of nitrogens with one attached hydrogen (secondary N) is 1. The summed E-state index contributed by atoms with van der Waals surface area (Å²) >= 11 is 0. The van der Waals surface area contributed by atoms with Crippen LogP contribution in [-0.2, 0) is 9.59 Å². The Morgan fingerprint density at radius 1 is 0.962 bits per heavy atom. The van der Waals surface area contributed by atoms with Crippen molar-refractivity contribution >= 4 is 23.2 Å². The quantitative estimate of drug-likeness (QED) is 0.798. The molecule has 0 unspecified atom stereocenters. The van der Waals surface area contributed by atoms with Gasteiger partial charge in [0.05, 0.1) is 0 Å². The molecule has 0 radical (unpaired) electrons. The number of hydrogen-bond donors (Lipinski definition) is 1. The van der Waals surface area contributed by atoms with Gasteiger partial charge >= 0.3 is 0 Å². The minimum atomic E-state index is -1.18. The Morgan fingerprint density at radius 3 is 2.12 bits per heavy atom. The lowest BCUT2D eigenvalue weighted by atomic mass is 9.89. The van der Waals surface area contributed by atoms with E-state index in [1.165, 1.54) is 0 Å². The zero-order valence-electron chi connectivity index (χ0n) is 16.5. The second kappa shape index (κ2) is 7.73. The van der Waals surface area contributed by atoms with Crippen molar-refractivity contribution in [1.82, 2.24) is 0 Å². The number of amides is 2. The van der Waals surface area contributed by atoms with E-state index in [1.807, 2.05) is 70.2 Å². The van der Waals surface area contributed by atoms with Crippen molar-refractivity contribution in [3.8, 4) is 0 Å². The fourth-order valence-electron chi connectivity index (χ4n) is 3.01. The molecule has 2 amide bonds. The van der Waals surface area contributed by atoms with E-state index in [-0.39, 0.29) is 11.8 Å². The highest BCUT2D eigenvalue weighted by molar-refractivity contribution is 6.14. The molecule has 0 aliphatic heterocycles. The first-order valence-electron chi connectivity index (χ1n) is 8.93. The number of hydrogen-bond acceptors (Lipinski definition) is 2. The number of nitrogens with zero attached hydrogens (tertiary/aromatic N) is 1. The van der Waals surface area contributed by atoms with Gasteiger partial charge in [-0.05, 0) is 82.5 Å². The second-order valence-electron chi connectivity index (χ2n) is 7.34. The van der Waals surface area contributed by atoms with Crippen LogP contribution in [0, 0.1) is 26.2 Å². The predicted octanol–water partition coefficient (Wildman–Crippen LogP) is 4.63. The average molecular weight is 352 g/mol. The minimum Gasteiger partial charge on any atom is -0.325 e. The van der Waals surface area contributed by atoms with Crippen LogP contribution in [-0.4, -0.2) is 18.4 Å². The Labute approximate surface area is 156 Å². The SMILES string of the molecule is CCN(C(=O)C(C)(C)C(=O)Nc1cc(C)cc(C)c1)c1cccc(C)c1. The van der Waals surface area contributed by atoms with Crippen molar-refractivity contribution in [1.29, 1.82) is 0 Å². The van der Waals surface area contributed by atoms with Crippen LogP contribution >= 0.6 is 0 Å². The molecule has 0 saturated carbocycles. The highest BCUT2D eigenvalue weighted by atomic mass is 16.2. The number of benzene rings is 2. The minimum absolute atomic E-state index is 0.215. The number of rotatable bonds is 5. The van der Waals surface area contributed by atoms with E-state index in [9.17, 15) is 9.59 Å². The third kappa shape index (κ3) is 4.31. The largest absolute Gasteiger partial charge is 0.325 e. The monoisotopic (exact) mass is 352 g/mol. The molecule has 0 aromatic heterocycles. The number of anilines is 2. The zero-order chi connectivity index (χ0) is 19.5. The highest BCUT2D eigenvalue weighted by Crippen LogP contribution is 2.26. The number of carbonyl (C=O) groups is 2. The van der Waals surface area contributed by atoms with Gasteiger partial charge in [0.2, 0.25) is 11.8 Å². The van der Waals surface area contributed by atoms with Crippen LogP contribution in [0.2, 0.25) is 0 Å². The first kappa shape index (κ1) is 19.7. The Morgan fingerprint density at radius 2 is 1.58 bits per heavy atom. The lowest BCUT2D eigenvalue weighted by Crippen LogP contribution is -2.47. The fourth-order valence-corrected chi connectivity index (χ4v) is 3.01. The van der Waals surface area contributed by atoms with Gasteiger partial charge in [-0.25, -0.2) is 0 Å². The van der Waals surface area contributed by atoms with Crippen LogP contribution in [0.3, 0.4) is 0 Å². The summed E-state index contributed by atoms with van der Waals surface area (Å²) in [5, 5.41) is 2.90. The van der Waals surface area contributed by atoms with E-state index in [2.05, 4.69) is 5.32 Å². The first-order chi connectivity index (χ1) is 12.1. The standard InChI is InChI=1S/C22H28N2O2/c1-7-24(19-10-8-9-15(2)14-19)21(26)22(5,6)20(25)23-18-12-16(3)11-17(4)13-18/h8-14H,7H2,1-6H3,(H,23,25). The summed E-state index contributed by atoms with van der Waals surface area (Å²) in [6.07, 6.45) is 0. The summed E-state index contributed by atoms with van der Waals surface area (Å²) in [7, 11) is 0. The molecule has 2 rings (SSSR count). The number of aryl methyl sites for hydroxylation is 3. The lowest BCUT2D eigenvalue weighted by Gasteiger charge is -2.30. The maximum Gasteiger partial charge on any atom is 0.242 e. The molecule has 0 bridgehead atoms. The van der Waals surface area contributed by atoms with Gasteiger partial charge in [-0.15, -0.1) is 0 Å². The summed E-state index contributed by atoms with van der Waals surface area (Å²) in [5.41, 5.74) is 3.55. The molecule has 0 atom stereocenters. The fraction of sp³-hybridized carbons (Fsp3) is 0.364. The topological polar surface area (TPSA) is 49.4 Å². The molecule has 2 aromatic rings. The highest BCUT2D eigenvalue weighted by Gasteiger charge is 2.39. The average Bonchev–Trinajstić information content (AvgIpc) is 2.54. The van der Waals surface area contributed by atoms with Crippen molar-refractivity contribution in [3.05, 3.63) is 59.2 Å². The number of carbonyl (C=O) groups excluding carboxylic acids is 2. The molecule has 4 heteroatoms. The molecule has 0 saturated heterocycles. The summed E-state index contributed by atoms with van der Waals surface area (Å²) in [4.78, 5) is 27.7. The molecule has 0 fully saturated rings. The van der Waals surface area contributed by atoms with Gasteiger partial charge in [-0.1, -0.05) is 18.2 Å². The van der Waals surface area contributed by atoms with Crippen LogP contribution in [0.4, 0.5) is 11.4 Å². The van der Waals surface area contributed by atoms with E-state index in [0.717, 1.165) is 22.4 Å². The summed E-state index contributed by atoms with van der Waals surface area (Å²) in [6, 6.07) is 13.6. The molecule has 4 nitrogen and oxygen atoms in total. The van der Waals surface area contributed by atoms with Crippen LogP contribution in [0.1, 0.15) is 37.5 Å². The van der Waals surface area contributed by atoms with Crippen LogP contribution in [0.15, 0.2) is 42.5 Å². The third-order valence-electron chi connectivity index (χ3n) is 4.46. The Balaban J connectivity index is 2.25. The molecule has 1 N–H and O–H groups in total. The van der Waals surface area contributed by atoms with E-state index >= 15 is 0 Å². The normalized spacial score (nSPS) is 11.2.